The Kier molecular flexibility index (Phi) is 2.80. The van der Waals surface area contributed by atoms with Gasteiger partial charge >= 0.3 is 0 Å². The van der Waals surface area contributed by atoms with Crippen LogP contribution in [-0.2, 0) is 0 Å². The van der Waals surface area contributed by atoms with E-state index in [-0.39, 0.29) is 0 Å². The monoisotopic (exact) mass is 190 g/mol. The quantitative estimate of drug-likeness (QED) is 0.535. The minimum absolute atomic E-state index is 0.645. The normalized spacial score (nSPS) is 40.1. The van der Waals surface area contributed by atoms with Crippen molar-refractivity contribution in [3.63, 3.8) is 0 Å². The number of allylic oxidation sites excluding steroid dienone is 3. The zero-order valence-corrected chi connectivity index (χ0v) is 9.39. The lowest BCUT2D eigenvalue weighted by atomic mass is 9.54. The minimum atomic E-state index is 0.645. The maximum atomic E-state index is 4.30. The smallest absolute Gasteiger partial charge is 0.0149 e. The number of hydrogen-bond donors (Lipinski definition) is 0. The molecule has 0 aromatic rings. The van der Waals surface area contributed by atoms with Gasteiger partial charge in [0.1, 0.15) is 0 Å². The highest BCUT2D eigenvalue weighted by atomic mass is 14.5. The highest BCUT2D eigenvalue weighted by molar-refractivity contribution is 5.15. The third kappa shape index (κ3) is 1.55. The van der Waals surface area contributed by atoms with Gasteiger partial charge in [0.25, 0.3) is 0 Å². The van der Waals surface area contributed by atoms with Crippen LogP contribution in [-0.4, -0.2) is 0 Å². The fraction of sp³-hybridized carbons (Fsp3) is 0.714. The van der Waals surface area contributed by atoms with Gasteiger partial charge in [-0.15, -0.1) is 0 Å². The second-order valence-corrected chi connectivity index (χ2v) is 5.01. The van der Waals surface area contributed by atoms with E-state index in [1.807, 2.05) is 0 Å². The Balaban J connectivity index is 2.14. The molecule has 0 nitrogen and oxygen atoms in total. The van der Waals surface area contributed by atoms with Crippen LogP contribution in [0.4, 0.5) is 0 Å². The molecule has 0 spiro atoms. The van der Waals surface area contributed by atoms with Gasteiger partial charge < -0.3 is 0 Å². The van der Waals surface area contributed by atoms with Crippen molar-refractivity contribution in [3.05, 3.63) is 24.3 Å². The van der Waals surface area contributed by atoms with Crippen molar-refractivity contribution in [2.45, 2.75) is 51.9 Å². The first-order valence-corrected chi connectivity index (χ1v) is 6.11. The summed E-state index contributed by atoms with van der Waals surface area (Å²) in [6.45, 7) is 6.66. The molecule has 2 unspecified atom stereocenters. The average Bonchev–Trinajstić information content (AvgIpc) is 2.18. The molecule has 78 valence electrons. The summed E-state index contributed by atoms with van der Waals surface area (Å²) in [5.74, 6) is 0.854. The van der Waals surface area contributed by atoms with Gasteiger partial charge in [-0.3, -0.25) is 0 Å². The molecule has 2 rings (SSSR count). The predicted molar refractivity (Wildman–Crippen MR) is 62.2 cm³/mol. The van der Waals surface area contributed by atoms with Crippen LogP contribution in [0.2, 0.25) is 0 Å². The fourth-order valence-electron chi connectivity index (χ4n) is 3.28. The fourth-order valence-corrected chi connectivity index (χ4v) is 3.28. The maximum Gasteiger partial charge on any atom is -0.0149 e. The summed E-state index contributed by atoms with van der Waals surface area (Å²) in [4.78, 5) is 0. The molecule has 0 aromatic carbocycles. The van der Waals surface area contributed by atoms with Crippen LogP contribution in [0.5, 0.6) is 0 Å². The first-order chi connectivity index (χ1) is 6.78. The minimum Gasteiger partial charge on any atom is -0.0995 e. The SMILES string of the molecule is C=C1CC/C=C\CCC2(CC)CCC12. The molecule has 0 radical (unpaired) electrons. The standard InChI is InChI=1S/C14H22/c1-3-14-10-7-5-4-6-8-12(2)13(14)9-11-14/h4-5,13H,2-3,6-11H2,1H3/b5-4-. The predicted octanol–water partition coefficient (Wildman–Crippen LogP) is 4.48. The van der Waals surface area contributed by atoms with E-state index < -0.39 is 0 Å². The van der Waals surface area contributed by atoms with E-state index in [9.17, 15) is 0 Å². The second-order valence-electron chi connectivity index (χ2n) is 5.01. The number of rotatable bonds is 1. The largest absolute Gasteiger partial charge is 0.0995 e. The first kappa shape index (κ1) is 10.0. The molecule has 2 atom stereocenters. The Labute approximate surface area is 88.1 Å². The molecule has 2 aliphatic rings. The van der Waals surface area contributed by atoms with E-state index in [1.165, 1.54) is 50.5 Å². The Morgan fingerprint density at radius 1 is 1.36 bits per heavy atom. The van der Waals surface area contributed by atoms with Crippen molar-refractivity contribution in [3.8, 4) is 0 Å². The van der Waals surface area contributed by atoms with Gasteiger partial charge in [0.05, 0.1) is 0 Å². The molecule has 1 saturated carbocycles. The molecule has 2 aliphatic carbocycles. The topological polar surface area (TPSA) is 0 Å². The Bertz CT molecular complexity index is 245. The van der Waals surface area contributed by atoms with Gasteiger partial charge in [-0.2, -0.15) is 0 Å². The Morgan fingerprint density at radius 3 is 2.79 bits per heavy atom. The molecular formula is C14H22. The molecule has 0 heteroatoms. The van der Waals surface area contributed by atoms with Gasteiger partial charge in [-0.25, -0.2) is 0 Å². The average molecular weight is 190 g/mol. The van der Waals surface area contributed by atoms with Gasteiger partial charge in [-0.05, 0) is 56.3 Å². The van der Waals surface area contributed by atoms with Crippen LogP contribution >= 0.6 is 0 Å². The Hall–Kier alpha value is -0.520. The van der Waals surface area contributed by atoms with Crippen molar-refractivity contribution < 1.29 is 0 Å². The van der Waals surface area contributed by atoms with E-state index in [1.54, 1.807) is 0 Å². The van der Waals surface area contributed by atoms with Gasteiger partial charge in [0.2, 0.25) is 0 Å². The highest BCUT2D eigenvalue weighted by Gasteiger charge is 2.45. The van der Waals surface area contributed by atoms with E-state index in [2.05, 4.69) is 25.7 Å². The van der Waals surface area contributed by atoms with Gasteiger partial charge in [0, 0.05) is 0 Å². The van der Waals surface area contributed by atoms with E-state index in [4.69, 9.17) is 0 Å². The van der Waals surface area contributed by atoms with Gasteiger partial charge in [0.15, 0.2) is 0 Å². The van der Waals surface area contributed by atoms with Crippen LogP contribution in [0.3, 0.4) is 0 Å². The zero-order valence-electron chi connectivity index (χ0n) is 9.39. The molecular weight excluding hydrogens is 168 g/mol. The summed E-state index contributed by atoms with van der Waals surface area (Å²) in [7, 11) is 0. The zero-order chi connectivity index (χ0) is 10.0. The lowest BCUT2D eigenvalue weighted by Gasteiger charge is -2.51. The van der Waals surface area contributed by atoms with Crippen LogP contribution in [0.1, 0.15) is 51.9 Å². The van der Waals surface area contributed by atoms with Crippen LogP contribution in [0, 0.1) is 11.3 Å². The van der Waals surface area contributed by atoms with Crippen molar-refractivity contribution in [2.24, 2.45) is 11.3 Å². The summed E-state index contributed by atoms with van der Waals surface area (Å²) in [6, 6.07) is 0. The molecule has 0 heterocycles. The van der Waals surface area contributed by atoms with E-state index in [0.29, 0.717) is 5.41 Å². The van der Waals surface area contributed by atoms with Crippen molar-refractivity contribution in [1.29, 1.82) is 0 Å². The molecule has 1 fully saturated rings. The molecule has 14 heavy (non-hydrogen) atoms. The first-order valence-electron chi connectivity index (χ1n) is 6.11. The molecule has 0 N–H and O–H groups in total. The van der Waals surface area contributed by atoms with Crippen molar-refractivity contribution in [1.82, 2.24) is 0 Å². The molecule has 0 amide bonds. The van der Waals surface area contributed by atoms with Gasteiger partial charge in [-0.1, -0.05) is 31.2 Å². The van der Waals surface area contributed by atoms with E-state index >= 15 is 0 Å². The summed E-state index contributed by atoms with van der Waals surface area (Å²) in [6.07, 6.45) is 14.1. The van der Waals surface area contributed by atoms with Crippen molar-refractivity contribution in [2.75, 3.05) is 0 Å². The molecule has 0 aromatic heterocycles. The summed E-state index contributed by atoms with van der Waals surface area (Å²) in [5, 5.41) is 0. The summed E-state index contributed by atoms with van der Waals surface area (Å²) in [5.41, 5.74) is 2.18. The summed E-state index contributed by atoms with van der Waals surface area (Å²) < 4.78 is 0. The van der Waals surface area contributed by atoms with Crippen LogP contribution < -0.4 is 0 Å². The molecule has 0 bridgehead atoms. The lowest BCUT2D eigenvalue weighted by Crippen LogP contribution is -2.40. The summed E-state index contributed by atoms with van der Waals surface area (Å²) >= 11 is 0. The third-order valence-electron chi connectivity index (χ3n) is 4.47. The van der Waals surface area contributed by atoms with Crippen LogP contribution in [0.25, 0.3) is 0 Å². The highest BCUT2D eigenvalue weighted by Crippen LogP contribution is 2.56. The number of fused-ring (bicyclic) bond motifs is 1. The Morgan fingerprint density at radius 2 is 2.14 bits per heavy atom. The van der Waals surface area contributed by atoms with Crippen LogP contribution in [0.15, 0.2) is 24.3 Å². The maximum absolute atomic E-state index is 4.30. The molecule has 0 saturated heterocycles. The lowest BCUT2D eigenvalue weighted by molar-refractivity contribution is 0.0413. The van der Waals surface area contributed by atoms with Crippen molar-refractivity contribution >= 4 is 0 Å². The van der Waals surface area contributed by atoms with E-state index in [0.717, 1.165) is 5.92 Å². The second kappa shape index (κ2) is 3.92. The molecule has 0 aliphatic heterocycles. The third-order valence-corrected chi connectivity index (χ3v) is 4.47. The number of hydrogen-bond acceptors (Lipinski definition) is 0.